The smallest absolute Gasteiger partial charge is 0.252 e. The number of carbonyl (C=O) groups is 1. The molecular weight excluding hydrogens is 206 g/mol. The zero-order chi connectivity index (χ0) is 9.42. The van der Waals surface area contributed by atoms with Gasteiger partial charge in [-0.1, -0.05) is 0 Å². The van der Waals surface area contributed by atoms with E-state index in [1.165, 1.54) is 0 Å². The maximum absolute atomic E-state index is 10.8. The molecule has 2 aromatic rings. The van der Waals surface area contributed by atoms with Gasteiger partial charge >= 0.3 is 0 Å². The molecule has 0 unspecified atom stereocenters. The molecule has 0 bridgehead atoms. The van der Waals surface area contributed by atoms with Crippen LogP contribution in [0.4, 0.5) is 0 Å². The van der Waals surface area contributed by atoms with E-state index in [1.807, 2.05) is 13.0 Å². The van der Waals surface area contributed by atoms with Gasteiger partial charge in [0.25, 0.3) is 5.24 Å². The predicted octanol–water partition coefficient (Wildman–Crippen LogP) is 2.98. The van der Waals surface area contributed by atoms with E-state index in [9.17, 15) is 4.79 Å². The lowest BCUT2D eigenvalue weighted by Gasteiger charge is -1.91. The lowest BCUT2D eigenvalue weighted by atomic mass is 10.2. The molecule has 0 fully saturated rings. The summed E-state index contributed by atoms with van der Waals surface area (Å²) < 4.78 is 1.08. The van der Waals surface area contributed by atoms with E-state index in [4.69, 9.17) is 11.6 Å². The fourth-order valence-corrected chi connectivity index (χ4v) is 2.09. The Kier molecular flexibility index (Phi) is 2.06. The van der Waals surface area contributed by atoms with Gasteiger partial charge in [-0.25, -0.2) is 4.98 Å². The molecule has 0 aliphatic rings. The number of aryl methyl sites for hydroxylation is 1. The van der Waals surface area contributed by atoms with Crippen LogP contribution in [0.3, 0.4) is 0 Å². The quantitative estimate of drug-likeness (QED) is 0.679. The summed E-state index contributed by atoms with van der Waals surface area (Å²) in [6, 6.07) is 5.30. The lowest BCUT2D eigenvalue weighted by Crippen LogP contribution is -1.86. The average molecular weight is 212 g/mol. The number of nitrogens with zero attached hydrogens (tertiary/aromatic N) is 1. The molecule has 1 aromatic heterocycles. The number of thiazole rings is 1. The SMILES string of the molecule is Cc1nc2cc(C(=O)Cl)ccc2s1. The first kappa shape index (κ1) is 8.66. The Morgan fingerprint density at radius 2 is 2.31 bits per heavy atom. The Morgan fingerprint density at radius 3 is 3.00 bits per heavy atom. The van der Waals surface area contributed by atoms with Crippen LogP contribution in [0.1, 0.15) is 15.4 Å². The Hall–Kier alpha value is -0.930. The van der Waals surface area contributed by atoms with Gasteiger partial charge in [0, 0.05) is 5.56 Å². The van der Waals surface area contributed by atoms with E-state index >= 15 is 0 Å². The lowest BCUT2D eigenvalue weighted by molar-refractivity contribution is 0.108. The molecule has 2 rings (SSSR count). The molecular formula is C9H6ClNOS. The maximum atomic E-state index is 10.8. The van der Waals surface area contributed by atoms with Crippen LogP contribution in [-0.4, -0.2) is 10.2 Å². The zero-order valence-electron chi connectivity index (χ0n) is 6.87. The topological polar surface area (TPSA) is 30.0 Å². The normalized spacial score (nSPS) is 10.6. The van der Waals surface area contributed by atoms with Crippen molar-refractivity contribution in [2.45, 2.75) is 6.92 Å². The largest absolute Gasteiger partial charge is 0.276 e. The van der Waals surface area contributed by atoms with Gasteiger partial charge in [0.1, 0.15) is 0 Å². The number of hydrogen-bond acceptors (Lipinski definition) is 3. The van der Waals surface area contributed by atoms with Crippen LogP contribution < -0.4 is 0 Å². The minimum atomic E-state index is -0.437. The highest BCUT2D eigenvalue weighted by molar-refractivity contribution is 7.18. The van der Waals surface area contributed by atoms with E-state index in [2.05, 4.69) is 4.98 Å². The zero-order valence-corrected chi connectivity index (χ0v) is 8.45. The van der Waals surface area contributed by atoms with Crippen LogP contribution in [0.5, 0.6) is 0 Å². The van der Waals surface area contributed by atoms with Crippen LogP contribution in [0.2, 0.25) is 0 Å². The molecule has 2 nitrogen and oxygen atoms in total. The third-order valence-corrected chi connectivity index (χ3v) is 2.89. The standard InChI is InChI=1S/C9H6ClNOS/c1-5-11-7-4-6(9(10)12)2-3-8(7)13-5/h2-4H,1H3. The Balaban J connectivity index is 2.67. The van der Waals surface area contributed by atoms with Crippen LogP contribution >= 0.6 is 22.9 Å². The Morgan fingerprint density at radius 1 is 1.54 bits per heavy atom. The third-order valence-electron chi connectivity index (χ3n) is 1.72. The minimum absolute atomic E-state index is 0.437. The second kappa shape index (κ2) is 3.09. The van der Waals surface area contributed by atoms with E-state index in [0.29, 0.717) is 5.56 Å². The molecule has 0 radical (unpaired) electrons. The first-order valence-electron chi connectivity index (χ1n) is 3.74. The average Bonchev–Trinajstić information content (AvgIpc) is 2.42. The molecule has 0 N–H and O–H groups in total. The molecule has 13 heavy (non-hydrogen) atoms. The van der Waals surface area contributed by atoms with Crippen molar-refractivity contribution >= 4 is 38.4 Å². The number of benzene rings is 1. The number of halogens is 1. The Bertz CT molecular complexity index is 477. The first-order valence-corrected chi connectivity index (χ1v) is 4.93. The van der Waals surface area contributed by atoms with Crippen molar-refractivity contribution in [3.63, 3.8) is 0 Å². The monoisotopic (exact) mass is 211 g/mol. The number of rotatable bonds is 1. The molecule has 0 saturated carbocycles. The van der Waals surface area contributed by atoms with E-state index in [0.717, 1.165) is 15.2 Å². The fourth-order valence-electron chi connectivity index (χ4n) is 1.16. The van der Waals surface area contributed by atoms with Crippen molar-refractivity contribution < 1.29 is 4.79 Å². The van der Waals surface area contributed by atoms with Crippen LogP contribution in [0.15, 0.2) is 18.2 Å². The van der Waals surface area contributed by atoms with Gasteiger partial charge in [0.15, 0.2) is 0 Å². The Labute approximate surface area is 84.2 Å². The highest BCUT2D eigenvalue weighted by Crippen LogP contribution is 2.22. The number of fused-ring (bicyclic) bond motifs is 1. The molecule has 0 saturated heterocycles. The van der Waals surface area contributed by atoms with Gasteiger partial charge in [0.05, 0.1) is 15.2 Å². The molecule has 0 atom stereocenters. The summed E-state index contributed by atoms with van der Waals surface area (Å²) in [4.78, 5) is 15.1. The molecule has 4 heteroatoms. The summed E-state index contributed by atoms with van der Waals surface area (Å²) in [6.07, 6.45) is 0. The van der Waals surface area contributed by atoms with Gasteiger partial charge in [-0.3, -0.25) is 4.79 Å². The molecule has 0 spiro atoms. The molecule has 0 aliphatic heterocycles. The molecule has 0 aliphatic carbocycles. The summed E-state index contributed by atoms with van der Waals surface area (Å²) in [6.45, 7) is 1.94. The molecule has 1 aromatic carbocycles. The van der Waals surface area contributed by atoms with Crippen molar-refractivity contribution in [3.05, 3.63) is 28.8 Å². The predicted molar refractivity (Wildman–Crippen MR) is 54.5 cm³/mol. The van der Waals surface area contributed by atoms with Gasteiger partial charge in [-0.05, 0) is 36.7 Å². The highest BCUT2D eigenvalue weighted by Gasteiger charge is 2.05. The van der Waals surface area contributed by atoms with Gasteiger partial charge in [0.2, 0.25) is 0 Å². The van der Waals surface area contributed by atoms with Crippen molar-refractivity contribution in [3.8, 4) is 0 Å². The molecule has 0 amide bonds. The fraction of sp³-hybridized carbons (Fsp3) is 0.111. The summed E-state index contributed by atoms with van der Waals surface area (Å²) in [5.41, 5.74) is 1.34. The third kappa shape index (κ3) is 1.57. The molecule has 66 valence electrons. The highest BCUT2D eigenvalue weighted by atomic mass is 35.5. The summed E-state index contributed by atoms with van der Waals surface area (Å²) in [5.74, 6) is 0. The van der Waals surface area contributed by atoms with E-state index in [1.54, 1.807) is 23.5 Å². The second-order valence-electron chi connectivity index (χ2n) is 2.69. The summed E-state index contributed by atoms with van der Waals surface area (Å²) in [7, 11) is 0. The number of hydrogen-bond donors (Lipinski definition) is 0. The van der Waals surface area contributed by atoms with Gasteiger partial charge in [-0.15, -0.1) is 11.3 Å². The van der Waals surface area contributed by atoms with Crippen molar-refractivity contribution in [1.29, 1.82) is 0 Å². The second-order valence-corrected chi connectivity index (χ2v) is 4.27. The van der Waals surface area contributed by atoms with E-state index in [-0.39, 0.29) is 0 Å². The number of carbonyl (C=O) groups excluding carboxylic acids is 1. The molecule has 1 heterocycles. The first-order chi connectivity index (χ1) is 6.16. The minimum Gasteiger partial charge on any atom is -0.276 e. The van der Waals surface area contributed by atoms with E-state index < -0.39 is 5.24 Å². The van der Waals surface area contributed by atoms with Crippen LogP contribution in [0.25, 0.3) is 10.2 Å². The summed E-state index contributed by atoms with van der Waals surface area (Å²) in [5, 5.41) is 0.557. The number of aromatic nitrogens is 1. The maximum Gasteiger partial charge on any atom is 0.252 e. The van der Waals surface area contributed by atoms with Crippen molar-refractivity contribution in [2.24, 2.45) is 0 Å². The summed E-state index contributed by atoms with van der Waals surface area (Å²) >= 11 is 6.95. The van der Waals surface area contributed by atoms with Crippen molar-refractivity contribution in [1.82, 2.24) is 4.98 Å². The van der Waals surface area contributed by atoms with Gasteiger partial charge < -0.3 is 0 Å². The van der Waals surface area contributed by atoms with Crippen LogP contribution in [-0.2, 0) is 0 Å². The van der Waals surface area contributed by atoms with Gasteiger partial charge in [-0.2, -0.15) is 0 Å². The van der Waals surface area contributed by atoms with Crippen LogP contribution in [0, 0.1) is 6.92 Å². The van der Waals surface area contributed by atoms with Crippen molar-refractivity contribution in [2.75, 3.05) is 0 Å².